The Morgan fingerprint density at radius 3 is 2.88 bits per heavy atom. The predicted octanol–water partition coefficient (Wildman–Crippen LogP) is 1.85. The van der Waals surface area contributed by atoms with Crippen molar-refractivity contribution in [2.75, 3.05) is 20.2 Å². The Labute approximate surface area is 108 Å². The lowest BCUT2D eigenvalue weighted by atomic mass is 9.89. The molecule has 0 radical (unpaired) electrons. The van der Waals surface area contributed by atoms with Crippen LogP contribution in [0.1, 0.15) is 11.5 Å². The van der Waals surface area contributed by atoms with Crippen molar-refractivity contribution in [1.82, 2.24) is 5.32 Å². The molecule has 1 aliphatic heterocycles. The smallest absolute Gasteiger partial charge is 0.308 e. The van der Waals surface area contributed by atoms with Crippen molar-refractivity contribution < 1.29 is 14.6 Å². The minimum atomic E-state index is -0.744. The fraction of sp³-hybridized carbons (Fsp3) is 0.417. The maximum absolute atomic E-state index is 11.1. The molecule has 0 aromatic heterocycles. The van der Waals surface area contributed by atoms with Gasteiger partial charge in [-0.05, 0) is 33.6 Å². The summed E-state index contributed by atoms with van der Waals surface area (Å²) in [5.74, 6) is -0.316. The number of aliphatic carboxylic acids is 1. The second kappa shape index (κ2) is 5.06. The second-order valence-corrected chi connectivity index (χ2v) is 4.96. The van der Waals surface area contributed by atoms with Gasteiger partial charge in [0.15, 0.2) is 0 Å². The molecule has 0 bridgehead atoms. The minimum Gasteiger partial charge on any atom is -0.496 e. The average molecular weight is 300 g/mol. The molecule has 0 aliphatic carbocycles. The van der Waals surface area contributed by atoms with E-state index in [1.807, 2.05) is 18.2 Å². The van der Waals surface area contributed by atoms with Crippen LogP contribution in [-0.4, -0.2) is 31.3 Å². The van der Waals surface area contributed by atoms with Crippen LogP contribution < -0.4 is 10.1 Å². The number of nitrogens with one attached hydrogen (secondary N) is 1. The molecule has 1 heterocycles. The van der Waals surface area contributed by atoms with Gasteiger partial charge in [-0.1, -0.05) is 6.07 Å². The molecule has 0 spiro atoms. The largest absolute Gasteiger partial charge is 0.496 e. The van der Waals surface area contributed by atoms with Crippen molar-refractivity contribution in [2.24, 2.45) is 5.92 Å². The molecule has 4 nitrogen and oxygen atoms in total. The highest BCUT2D eigenvalue weighted by Crippen LogP contribution is 2.33. The summed E-state index contributed by atoms with van der Waals surface area (Å²) in [5, 5.41) is 12.3. The third-order valence-corrected chi connectivity index (χ3v) is 3.76. The lowest BCUT2D eigenvalue weighted by Crippen LogP contribution is -2.21. The molecule has 2 atom stereocenters. The molecule has 1 aromatic carbocycles. The maximum Gasteiger partial charge on any atom is 0.308 e. The highest BCUT2D eigenvalue weighted by atomic mass is 79.9. The molecule has 0 saturated carbocycles. The molecule has 1 aromatic rings. The van der Waals surface area contributed by atoms with Gasteiger partial charge in [-0.2, -0.15) is 0 Å². The number of carboxylic acids is 1. The molecule has 1 saturated heterocycles. The van der Waals surface area contributed by atoms with Gasteiger partial charge in [0.2, 0.25) is 0 Å². The van der Waals surface area contributed by atoms with E-state index in [4.69, 9.17) is 9.84 Å². The third kappa shape index (κ3) is 2.45. The SMILES string of the molecule is COc1ccc([C@@H]2CNC[C@H]2C(=O)O)cc1Br. The highest BCUT2D eigenvalue weighted by Gasteiger charge is 2.33. The lowest BCUT2D eigenvalue weighted by molar-refractivity contribution is -0.141. The molecule has 2 rings (SSSR count). The fourth-order valence-electron chi connectivity index (χ4n) is 2.20. The van der Waals surface area contributed by atoms with E-state index in [0.717, 1.165) is 15.8 Å². The van der Waals surface area contributed by atoms with Gasteiger partial charge in [0, 0.05) is 19.0 Å². The first-order chi connectivity index (χ1) is 8.13. The molecule has 1 aliphatic rings. The maximum atomic E-state index is 11.1. The Morgan fingerprint density at radius 1 is 1.53 bits per heavy atom. The minimum absolute atomic E-state index is 0.0229. The standard InChI is InChI=1S/C12H14BrNO3/c1-17-11-3-2-7(4-10(11)13)8-5-14-6-9(8)12(15)16/h2-4,8-9,14H,5-6H2,1H3,(H,15,16)/t8-,9+/m0/s1. The van der Waals surface area contributed by atoms with E-state index < -0.39 is 5.97 Å². The first-order valence-electron chi connectivity index (χ1n) is 5.40. The summed E-state index contributed by atoms with van der Waals surface area (Å²) in [7, 11) is 1.61. The number of carbonyl (C=O) groups is 1. The molecule has 0 amide bonds. The van der Waals surface area contributed by atoms with Crippen molar-refractivity contribution in [3.05, 3.63) is 28.2 Å². The summed E-state index contributed by atoms with van der Waals surface area (Å²) in [6, 6.07) is 5.72. The number of halogens is 1. The van der Waals surface area contributed by atoms with Crippen LogP contribution in [0.2, 0.25) is 0 Å². The predicted molar refractivity (Wildman–Crippen MR) is 67.4 cm³/mol. The first-order valence-corrected chi connectivity index (χ1v) is 6.19. The van der Waals surface area contributed by atoms with Crippen LogP contribution in [0.3, 0.4) is 0 Å². The molecule has 1 fully saturated rings. The number of ether oxygens (including phenoxy) is 1. The zero-order valence-corrected chi connectivity index (χ0v) is 11.0. The summed E-state index contributed by atoms with van der Waals surface area (Å²) >= 11 is 3.42. The van der Waals surface area contributed by atoms with Crippen LogP contribution in [0.5, 0.6) is 5.75 Å². The Kier molecular flexibility index (Phi) is 3.69. The van der Waals surface area contributed by atoms with Crippen LogP contribution in [0.15, 0.2) is 22.7 Å². The number of hydrogen-bond donors (Lipinski definition) is 2. The van der Waals surface area contributed by atoms with E-state index in [-0.39, 0.29) is 11.8 Å². The summed E-state index contributed by atoms with van der Waals surface area (Å²) in [6.07, 6.45) is 0. The van der Waals surface area contributed by atoms with Crippen molar-refractivity contribution in [1.29, 1.82) is 0 Å². The van der Waals surface area contributed by atoms with Crippen LogP contribution >= 0.6 is 15.9 Å². The number of methoxy groups -OCH3 is 1. The van der Waals surface area contributed by atoms with Crippen LogP contribution in [0.25, 0.3) is 0 Å². The van der Waals surface area contributed by atoms with Crippen LogP contribution in [0, 0.1) is 5.92 Å². The van der Waals surface area contributed by atoms with E-state index >= 15 is 0 Å². The Morgan fingerprint density at radius 2 is 2.29 bits per heavy atom. The summed E-state index contributed by atoms with van der Waals surface area (Å²) in [4.78, 5) is 11.1. The van der Waals surface area contributed by atoms with Gasteiger partial charge in [0.1, 0.15) is 5.75 Å². The Balaban J connectivity index is 2.27. The van der Waals surface area contributed by atoms with Gasteiger partial charge in [0.25, 0.3) is 0 Å². The normalized spacial score (nSPS) is 23.6. The van der Waals surface area contributed by atoms with Crippen molar-refractivity contribution in [2.45, 2.75) is 5.92 Å². The van der Waals surface area contributed by atoms with Gasteiger partial charge >= 0.3 is 5.97 Å². The average Bonchev–Trinajstić information content (AvgIpc) is 2.77. The number of benzene rings is 1. The van der Waals surface area contributed by atoms with E-state index in [1.54, 1.807) is 7.11 Å². The monoisotopic (exact) mass is 299 g/mol. The molecule has 5 heteroatoms. The number of hydrogen-bond acceptors (Lipinski definition) is 3. The van der Waals surface area contributed by atoms with Crippen molar-refractivity contribution in [3.8, 4) is 5.75 Å². The van der Waals surface area contributed by atoms with Gasteiger partial charge in [-0.3, -0.25) is 4.79 Å². The van der Waals surface area contributed by atoms with E-state index in [1.165, 1.54) is 0 Å². The molecular formula is C12H14BrNO3. The summed E-state index contributed by atoms with van der Waals surface area (Å²) < 4.78 is 6.01. The first kappa shape index (κ1) is 12.4. The quantitative estimate of drug-likeness (QED) is 0.894. The van der Waals surface area contributed by atoms with E-state index in [9.17, 15) is 4.79 Å². The summed E-state index contributed by atoms with van der Waals surface area (Å²) in [6.45, 7) is 1.24. The zero-order valence-electron chi connectivity index (χ0n) is 9.44. The Hall–Kier alpha value is -1.07. The zero-order chi connectivity index (χ0) is 12.4. The third-order valence-electron chi connectivity index (χ3n) is 3.14. The molecule has 2 N–H and O–H groups in total. The lowest BCUT2D eigenvalue weighted by Gasteiger charge is -2.16. The van der Waals surface area contributed by atoms with Crippen LogP contribution in [-0.2, 0) is 4.79 Å². The molecule has 92 valence electrons. The molecular weight excluding hydrogens is 286 g/mol. The van der Waals surface area contributed by atoms with Crippen LogP contribution in [0.4, 0.5) is 0 Å². The number of carboxylic acid groups (broad SMARTS) is 1. The molecule has 0 unspecified atom stereocenters. The highest BCUT2D eigenvalue weighted by molar-refractivity contribution is 9.10. The van der Waals surface area contributed by atoms with Gasteiger partial charge in [-0.25, -0.2) is 0 Å². The van der Waals surface area contributed by atoms with E-state index in [0.29, 0.717) is 13.1 Å². The summed E-state index contributed by atoms with van der Waals surface area (Å²) in [5.41, 5.74) is 1.02. The van der Waals surface area contributed by atoms with E-state index in [2.05, 4.69) is 21.2 Å². The van der Waals surface area contributed by atoms with Gasteiger partial charge in [-0.15, -0.1) is 0 Å². The Bertz CT molecular complexity index is 436. The van der Waals surface area contributed by atoms with Crippen molar-refractivity contribution in [3.63, 3.8) is 0 Å². The van der Waals surface area contributed by atoms with Gasteiger partial charge < -0.3 is 15.2 Å². The second-order valence-electron chi connectivity index (χ2n) is 4.10. The molecule has 17 heavy (non-hydrogen) atoms. The number of rotatable bonds is 3. The van der Waals surface area contributed by atoms with Gasteiger partial charge in [0.05, 0.1) is 17.5 Å². The van der Waals surface area contributed by atoms with Crippen molar-refractivity contribution >= 4 is 21.9 Å². The topological polar surface area (TPSA) is 58.6 Å². The fourth-order valence-corrected chi connectivity index (χ4v) is 2.76.